The molecule has 1 aliphatic rings. The summed E-state index contributed by atoms with van der Waals surface area (Å²) >= 11 is 0. The molecule has 0 aliphatic heterocycles. The Labute approximate surface area is 54.2 Å². The summed E-state index contributed by atoms with van der Waals surface area (Å²) in [6.45, 7) is 0. The Morgan fingerprint density at radius 1 is 1.44 bits per heavy atom. The number of hydrogen-bond acceptors (Lipinski definition) is 2. The topological polar surface area (TPSA) is 37.3 Å². The van der Waals surface area contributed by atoms with E-state index in [-0.39, 0.29) is 5.78 Å². The number of carbonyl (C=O) groups excluding carboxylic acids is 1. The second kappa shape index (κ2) is 2.67. The van der Waals surface area contributed by atoms with Gasteiger partial charge in [0.05, 0.1) is 6.26 Å². The van der Waals surface area contributed by atoms with Gasteiger partial charge in [-0.1, -0.05) is 0 Å². The molecule has 9 heavy (non-hydrogen) atoms. The van der Waals surface area contributed by atoms with Crippen LogP contribution in [0.15, 0.2) is 11.8 Å². The summed E-state index contributed by atoms with van der Waals surface area (Å²) < 4.78 is 0. The summed E-state index contributed by atoms with van der Waals surface area (Å²) in [5.41, 5.74) is 0.881. The average Bonchev–Trinajstić information content (AvgIpc) is 1.88. The highest BCUT2D eigenvalue weighted by Gasteiger charge is 2.12. The molecule has 1 rings (SSSR count). The first-order valence-electron chi connectivity index (χ1n) is 3.17. The van der Waals surface area contributed by atoms with Gasteiger partial charge < -0.3 is 5.11 Å². The minimum atomic E-state index is 0.251. The molecule has 1 aliphatic carbocycles. The Bertz CT molecular complexity index is 147. The molecule has 0 bridgehead atoms. The molecule has 0 aromatic carbocycles. The molecule has 0 aromatic heterocycles. The van der Waals surface area contributed by atoms with Gasteiger partial charge in [-0.2, -0.15) is 0 Å². The fraction of sp³-hybridized carbons (Fsp3) is 0.571. The highest BCUT2D eigenvalue weighted by atomic mass is 16.2. The van der Waals surface area contributed by atoms with Gasteiger partial charge in [-0.05, 0) is 18.4 Å². The van der Waals surface area contributed by atoms with E-state index in [0.29, 0.717) is 12.8 Å². The van der Waals surface area contributed by atoms with Crippen LogP contribution < -0.4 is 0 Å². The van der Waals surface area contributed by atoms with Gasteiger partial charge in [0.1, 0.15) is 5.78 Å². The van der Waals surface area contributed by atoms with Crippen molar-refractivity contribution in [1.29, 1.82) is 0 Å². The summed E-state index contributed by atoms with van der Waals surface area (Å²) in [5.74, 6) is 0.251. The number of carbonyl (C=O) groups is 1. The number of rotatable bonds is 0. The fourth-order valence-electron chi connectivity index (χ4n) is 1.05. The third-order valence-electron chi connectivity index (χ3n) is 1.56. The molecule has 1 saturated carbocycles. The highest BCUT2D eigenvalue weighted by Crippen LogP contribution is 2.18. The lowest BCUT2D eigenvalue weighted by Gasteiger charge is -2.10. The van der Waals surface area contributed by atoms with E-state index in [1.165, 1.54) is 0 Å². The Morgan fingerprint density at radius 3 is 2.67 bits per heavy atom. The van der Waals surface area contributed by atoms with Crippen molar-refractivity contribution in [3.05, 3.63) is 11.8 Å². The molecule has 0 saturated heterocycles. The third kappa shape index (κ3) is 1.56. The number of allylic oxidation sites excluding steroid dienone is 1. The van der Waals surface area contributed by atoms with Crippen molar-refractivity contribution in [2.45, 2.75) is 25.7 Å². The molecular weight excluding hydrogens is 116 g/mol. The largest absolute Gasteiger partial charge is 0.516 e. The van der Waals surface area contributed by atoms with Crippen LogP contribution in [0, 0.1) is 0 Å². The van der Waals surface area contributed by atoms with E-state index in [9.17, 15) is 4.79 Å². The molecule has 0 radical (unpaired) electrons. The predicted molar refractivity (Wildman–Crippen MR) is 34.2 cm³/mol. The van der Waals surface area contributed by atoms with E-state index in [1.807, 2.05) is 0 Å². The van der Waals surface area contributed by atoms with Crippen LogP contribution >= 0.6 is 0 Å². The molecular formula is C7H10O2. The van der Waals surface area contributed by atoms with Gasteiger partial charge in [-0.15, -0.1) is 0 Å². The first-order valence-corrected chi connectivity index (χ1v) is 3.17. The second-order valence-corrected chi connectivity index (χ2v) is 2.36. The van der Waals surface area contributed by atoms with E-state index in [4.69, 9.17) is 5.11 Å². The number of aliphatic hydroxyl groups excluding tert-OH is 1. The predicted octanol–water partition coefficient (Wildman–Crippen LogP) is 1.57. The number of hydrogen-bond donors (Lipinski definition) is 1. The lowest BCUT2D eigenvalue weighted by molar-refractivity contribution is -0.119. The fourth-order valence-corrected chi connectivity index (χ4v) is 1.05. The maximum Gasteiger partial charge on any atom is 0.137 e. The molecule has 0 atom stereocenters. The lowest BCUT2D eigenvalue weighted by atomic mass is 9.95. The van der Waals surface area contributed by atoms with Gasteiger partial charge in [0, 0.05) is 12.8 Å². The standard InChI is InChI=1S/C7H10O2/c8-5-6-2-1-3-7(9)4-6/h5,8H,1-4H2/b6-5-. The van der Waals surface area contributed by atoms with Crippen LogP contribution in [0.3, 0.4) is 0 Å². The molecule has 2 nitrogen and oxygen atoms in total. The first kappa shape index (κ1) is 6.33. The summed E-state index contributed by atoms with van der Waals surface area (Å²) in [7, 11) is 0. The minimum absolute atomic E-state index is 0.251. The molecule has 0 spiro atoms. The van der Waals surface area contributed by atoms with Gasteiger partial charge in [-0.3, -0.25) is 4.79 Å². The highest BCUT2D eigenvalue weighted by molar-refractivity contribution is 5.81. The van der Waals surface area contributed by atoms with Crippen LogP contribution in [-0.4, -0.2) is 10.9 Å². The van der Waals surface area contributed by atoms with Crippen LogP contribution in [0.25, 0.3) is 0 Å². The monoisotopic (exact) mass is 126 g/mol. The average molecular weight is 126 g/mol. The van der Waals surface area contributed by atoms with Crippen molar-refractivity contribution < 1.29 is 9.90 Å². The zero-order valence-corrected chi connectivity index (χ0v) is 5.26. The van der Waals surface area contributed by atoms with Gasteiger partial charge in [-0.25, -0.2) is 0 Å². The van der Waals surface area contributed by atoms with Crippen LogP contribution in [0.4, 0.5) is 0 Å². The SMILES string of the molecule is O=C1CCC/C(=C/O)C1. The summed E-state index contributed by atoms with van der Waals surface area (Å²) in [4.78, 5) is 10.7. The first-order chi connectivity index (χ1) is 4.33. The molecule has 0 amide bonds. The summed E-state index contributed by atoms with van der Waals surface area (Å²) in [6.07, 6.45) is 4.03. The Kier molecular flexibility index (Phi) is 1.88. The van der Waals surface area contributed by atoms with Crippen LogP contribution in [-0.2, 0) is 4.79 Å². The van der Waals surface area contributed by atoms with E-state index in [1.54, 1.807) is 0 Å². The number of aliphatic hydroxyl groups is 1. The zero-order chi connectivity index (χ0) is 6.69. The normalized spacial score (nSPS) is 24.9. The quantitative estimate of drug-likeness (QED) is 0.500. The van der Waals surface area contributed by atoms with Crippen molar-refractivity contribution in [3.8, 4) is 0 Å². The lowest BCUT2D eigenvalue weighted by Crippen LogP contribution is -2.06. The summed E-state index contributed by atoms with van der Waals surface area (Å²) in [6, 6.07) is 0. The van der Waals surface area contributed by atoms with E-state index >= 15 is 0 Å². The molecule has 0 unspecified atom stereocenters. The Balaban J connectivity index is 2.51. The van der Waals surface area contributed by atoms with Gasteiger partial charge in [0.2, 0.25) is 0 Å². The van der Waals surface area contributed by atoms with E-state index < -0.39 is 0 Å². The second-order valence-electron chi connectivity index (χ2n) is 2.36. The van der Waals surface area contributed by atoms with Crippen molar-refractivity contribution in [3.63, 3.8) is 0 Å². The summed E-state index contributed by atoms with van der Waals surface area (Å²) in [5, 5.41) is 8.49. The molecule has 1 N–H and O–H groups in total. The van der Waals surface area contributed by atoms with Crippen molar-refractivity contribution in [1.82, 2.24) is 0 Å². The smallest absolute Gasteiger partial charge is 0.137 e. The van der Waals surface area contributed by atoms with Gasteiger partial charge in [0.15, 0.2) is 0 Å². The van der Waals surface area contributed by atoms with Gasteiger partial charge in [0.25, 0.3) is 0 Å². The maximum absolute atomic E-state index is 10.7. The minimum Gasteiger partial charge on any atom is -0.516 e. The van der Waals surface area contributed by atoms with Gasteiger partial charge >= 0.3 is 0 Å². The van der Waals surface area contributed by atoms with Crippen molar-refractivity contribution in [2.24, 2.45) is 0 Å². The Hall–Kier alpha value is -0.790. The third-order valence-corrected chi connectivity index (χ3v) is 1.56. The van der Waals surface area contributed by atoms with E-state index in [2.05, 4.69) is 0 Å². The molecule has 0 heterocycles. The molecule has 50 valence electrons. The van der Waals surface area contributed by atoms with E-state index in [0.717, 1.165) is 24.7 Å². The van der Waals surface area contributed by atoms with Crippen LogP contribution in [0.2, 0.25) is 0 Å². The molecule has 1 fully saturated rings. The number of ketones is 1. The number of Topliss-reactive ketones (excluding diaryl/α,β-unsaturated/α-hetero) is 1. The van der Waals surface area contributed by atoms with Crippen LogP contribution in [0.1, 0.15) is 25.7 Å². The zero-order valence-electron chi connectivity index (χ0n) is 5.26. The van der Waals surface area contributed by atoms with Crippen molar-refractivity contribution >= 4 is 5.78 Å². The maximum atomic E-state index is 10.7. The Morgan fingerprint density at radius 2 is 2.22 bits per heavy atom. The van der Waals surface area contributed by atoms with Crippen LogP contribution in [0.5, 0.6) is 0 Å². The van der Waals surface area contributed by atoms with Crippen molar-refractivity contribution in [2.75, 3.05) is 0 Å². The molecule has 2 heteroatoms. The molecule has 0 aromatic rings.